The maximum absolute atomic E-state index is 11.4. The lowest BCUT2D eigenvalue weighted by Crippen LogP contribution is -2.55. The Morgan fingerprint density at radius 2 is 2.07 bits per heavy atom. The number of carbonyl (C=O) groups is 2. The van der Waals surface area contributed by atoms with Crippen molar-refractivity contribution in [2.45, 2.75) is 25.3 Å². The van der Waals surface area contributed by atoms with Crippen molar-refractivity contribution in [1.82, 2.24) is 4.90 Å². The van der Waals surface area contributed by atoms with E-state index in [0.29, 0.717) is 26.0 Å². The topological polar surface area (TPSA) is 66.8 Å². The highest BCUT2D eigenvalue weighted by atomic mass is 16.5. The van der Waals surface area contributed by atoms with Crippen LogP contribution in [0, 0.1) is 5.41 Å². The summed E-state index contributed by atoms with van der Waals surface area (Å²) in [5, 5.41) is 9.11. The van der Waals surface area contributed by atoms with E-state index in [4.69, 9.17) is 9.84 Å². The van der Waals surface area contributed by atoms with Crippen molar-refractivity contribution in [3.8, 4) is 0 Å². The first kappa shape index (κ1) is 10.4. The molecule has 2 bridgehead atoms. The molecule has 0 aromatic heterocycles. The van der Waals surface area contributed by atoms with Crippen LogP contribution in [0.5, 0.6) is 0 Å². The molecule has 3 rings (SSSR count). The van der Waals surface area contributed by atoms with Crippen LogP contribution in [0.25, 0.3) is 0 Å². The Hall–Kier alpha value is -1.10. The number of methoxy groups -OCH3 is 1. The second-order valence-corrected chi connectivity index (χ2v) is 4.70. The fraction of sp³-hybridized carbons (Fsp3) is 0.800. The molecule has 1 saturated carbocycles. The Labute approximate surface area is 88.0 Å². The first-order valence-corrected chi connectivity index (χ1v) is 4.96. The summed E-state index contributed by atoms with van der Waals surface area (Å²) < 4.78 is 5.09. The summed E-state index contributed by atoms with van der Waals surface area (Å²) in [5.74, 6) is -0.856. The van der Waals surface area contributed by atoms with Crippen LogP contribution in [0.2, 0.25) is 0 Å². The zero-order valence-electron chi connectivity index (χ0n) is 8.95. The highest BCUT2D eigenvalue weighted by Gasteiger charge is 2.69. The molecule has 0 aromatic rings. The van der Waals surface area contributed by atoms with E-state index in [0.717, 1.165) is 0 Å². The van der Waals surface area contributed by atoms with Gasteiger partial charge in [0, 0.05) is 20.6 Å². The summed E-state index contributed by atoms with van der Waals surface area (Å²) in [5.41, 5.74) is -1.05. The van der Waals surface area contributed by atoms with E-state index in [1.165, 1.54) is 6.92 Å². The smallest absolute Gasteiger partial charge is 0.311 e. The van der Waals surface area contributed by atoms with Gasteiger partial charge in [-0.25, -0.2) is 0 Å². The maximum Gasteiger partial charge on any atom is 0.311 e. The van der Waals surface area contributed by atoms with Gasteiger partial charge in [0.2, 0.25) is 5.91 Å². The minimum absolute atomic E-state index is 0.0623. The van der Waals surface area contributed by atoms with E-state index in [2.05, 4.69) is 0 Å². The van der Waals surface area contributed by atoms with Crippen LogP contribution in [0.1, 0.15) is 19.8 Å². The quantitative estimate of drug-likeness (QED) is 0.722. The average molecular weight is 213 g/mol. The largest absolute Gasteiger partial charge is 0.481 e. The monoisotopic (exact) mass is 213 g/mol. The van der Waals surface area contributed by atoms with Crippen LogP contribution in [0.3, 0.4) is 0 Å². The molecule has 2 saturated heterocycles. The first-order valence-electron chi connectivity index (χ1n) is 4.96. The molecule has 0 spiro atoms. The highest BCUT2D eigenvalue weighted by molar-refractivity contribution is 5.83. The van der Waals surface area contributed by atoms with Crippen molar-refractivity contribution in [3.63, 3.8) is 0 Å². The molecule has 2 heterocycles. The highest BCUT2D eigenvalue weighted by Crippen LogP contribution is 2.59. The van der Waals surface area contributed by atoms with Crippen molar-refractivity contribution in [2.75, 3.05) is 20.3 Å². The average Bonchev–Trinajstić information content (AvgIpc) is 2.55. The van der Waals surface area contributed by atoms with Crippen molar-refractivity contribution in [1.29, 1.82) is 0 Å². The molecule has 5 nitrogen and oxygen atoms in total. The van der Waals surface area contributed by atoms with E-state index in [9.17, 15) is 9.59 Å². The zero-order valence-corrected chi connectivity index (χ0v) is 8.95. The zero-order chi connectivity index (χ0) is 11.3. The molecule has 3 fully saturated rings. The van der Waals surface area contributed by atoms with Crippen LogP contribution in [0.15, 0.2) is 0 Å². The van der Waals surface area contributed by atoms with Crippen molar-refractivity contribution in [2.24, 2.45) is 5.41 Å². The second kappa shape index (κ2) is 2.95. The number of carbonyl (C=O) groups excluding carboxylic acids is 1. The van der Waals surface area contributed by atoms with Crippen molar-refractivity contribution in [3.05, 3.63) is 0 Å². The Morgan fingerprint density at radius 3 is 2.47 bits per heavy atom. The molecule has 2 aliphatic heterocycles. The van der Waals surface area contributed by atoms with E-state index in [1.54, 1.807) is 12.0 Å². The van der Waals surface area contributed by atoms with Crippen molar-refractivity contribution >= 4 is 11.9 Å². The minimum Gasteiger partial charge on any atom is -0.481 e. The lowest BCUT2D eigenvalue weighted by Gasteiger charge is -2.44. The third-order valence-corrected chi connectivity index (χ3v) is 3.62. The standard InChI is InChI=1S/C10H15NO4/c1-7(12)11-5-9(8(13)14)3-10(11,4-9)6-15-2/h3-6H2,1-2H3,(H,13,14). The molecule has 0 unspecified atom stereocenters. The molecule has 15 heavy (non-hydrogen) atoms. The summed E-state index contributed by atoms with van der Waals surface area (Å²) in [6.07, 6.45) is 1.06. The van der Waals surface area contributed by atoms with Crippen molar-refractivity contribution < 1.29 is 19.4 Å². The summed E-state index contributed by atoms with van der Waals surface area (Å²) in [6.45, 7) is 2.25. The SMILES string of the molecule is COCC12CC(C(=O)O)(CN1C(C)=O)C2. The molecule has 0 radical (unpaired) electrons. The fourth-order valence-corrected chi connectivity index (χ4v) is 3.09. The summed E-state index contributed by atoms with van der Waals surface area (Å²) in [7, 11) is 1.58. The molecule has 0 atom stereocenters. The molecular weight excluding hydrogens is 198 g/mol. The van der Waals surface area contributed by atoms with Crippen LogP contribution in [0.4, 0.5) is 0 Å². The van der Waals surface area contributed by atoms with Gasteiger partial charge in [-0.15, -0.1) is 0 Å². The van der Waals surface area contributed by atoms with Crippen LogP contribution in [-0.2, 0) is 14.3 Å². The van der Waals surface area contributed by atoms with E-state index >= 15 is 0 Å². The normalized spacial score (nSPS) is 37.6. The number of amides is 1. The van der Waals surface area contributed by atoms with Gasteiger partial charge < -0.3 is 14.7 Å². The Kier molecular flexibility index (Phi) is 2.05. The number of hydrogen-bond donors (Lipinski definition) is 1. The number of rotatable bonds is 3. The molecule has 1 amide bonds. The van der Waals surface area contributed by atoms with Gasteiger partial charge in [0.25, 0.3) is 0 Å². The van der Waals surface area contributed by atoms with Gasteiger partial charge in [-0.05, 0) is 12.8 Å². The van der Waals surface area contributed by atoms with Crippen LogP contribution >= 0.6 is 0 Å². The number of carboxylic acid groups (broad SMARTS) is 1. The van der Waals surface area contributed by atoms with Gasteiger partial charge in [0.1, 0.15) is 0 Å². The third kappa shape index (κ3) is 1.19. The lowest BCUT2D eigenvalue weighted by molar-refractivity contribution is -0.155. The fourth-order valence-electron chi connectivity index (χ4n) is 3.09. The maximum atomic E-state index is 11.4. The van der Waals surface area contributed by atoms with Gasteiger partial charge in [-0.3, -0.25) is 9.59 Å². The summed E-state index contributed by atoms with van der Waals surface area (Å²) >= 11 is 0. The molecule has 3 aliphatic rings. The van der Waals surface area contributed by atoms with Crippen LogP contribution in [-0.4, -0.2) is 47.7 Å². The molecule has 1 aliphatic carbocycles. The van der Waals surface area contributed by atoms with Gasteiger partial charge in [0.05, 0.1) is 17.6 Å². The second-order valence-electron chi connectivity index (χ2n) is 4.70. The Balaban J connectivity index is 2.22. The van der Waals surface area contributed by atoms with Gasteiger partial charge in [-0.2, -0.15) is 0 Å². The van der Waals surface area contributed by atoms with E-state index in [1.807, 2.05) is 0 Å². The number of carboxylic acids is 1. The predicted octanol–water partition coefficient (Wildman–Crippen LogP) is 0.0985. The number of fused-ring (bicyclic) bond motifs is 1. The summed E-state index contributed by atoms with van der Waals surface area (Å²) in [6, 6.07) is 0. The number of nitrogens with zero attached hydrogens (tertiary/aromatic N) is 1. The summed E-state index contributed by atoms with van der Waals surface area (Å²) in [4.78, 5) is 24.2. The van der Waals surface area contributed by atoms with E-state index in [-0.39, 0.29) is 11.4 Å². The molecule has 0 aromatic carbocycles. The predicted molar refractivity (Wildman–Crippen MR) is 51.3 cm³/mol. The van der Waals surface area contributed by atoms with Gasteiger partial charge >= 0.3 is 5.97 Å². The number of aliphatic carboxylic acids is 1. The third-order valence-electron chi connectivity index (χ3n) is 3.62. The molecule has 84 valence electrons. The number of ether oxygens (including phenoxy) is 1. The minimum atomic E-state index is -0.794. The molecule has 1 N–H and O–H groups in total. The lowest BCUT2D eigenvalue weighted by atomic mass is 9.62. The number of hydrogen-bond acceptors (Lipinski definition) is 3. The first-order chi connectivity index (χ1) is 6.96. The van der Waals surface area contributed by atoms with E-state index < -0.39 is 11.4 Å². The van der Waals surface area contributed by atoms with Gasteiger partial charge in [-0.1, -0.05) is 0 Å². The molecular formula is C10H15NO4. The Morgan fingerprint density at radius 1 is 1.47 bits per heavy atom. The Bertz CT molecular complexity index is 319. The molecule has 5 heteroatoms. The van der Waals surface area contributed by atoms with Crippen LogP contribution < -0.4 is 0 Å². The van der Waals surface area contributed by atoms with Gasteiger partial charge in [0.15, 0.2) is 0 Å².